The van der Waals surface area contributed by atoms with Crippen molar-refractivity contribution >= 4 is 17.8 Å². The predicted molar refractivity (Wildman–Crippen MR) is 47.1 cm³/mol. The van der Waals surface area contributed by atoms with Gasteiger partial charge in [-0.25, -0.2) is 0 Å². The van der Waals surface area contributed by atoms with Gasteiger partial charge in [-0.1, -0.05) is 0 Å². The van der Waals surface area contributed by atoms with Crippen LogP contribution in [0.3, 0.4) is 0 Å². The van der Waals surface area contributed by atoms with E-state index in [1.807, 2.05) is 0 Å². The number of methoxy groups -OCH3 is 1. The van der Waals surface area contributed by atoms with Crippen molar-refractivity contribution in [3.63, 3.8) is 0 Å². The molecule has 1 rings (SSSR count). The van der Waals surface area contributed by atoms with Crippen LogP contribution in [0.1, 0.15) is 0 Å². The Morgan fingerprint density at radius 2 is 2.33 bits per heavy atom. The lowest BCUT2D eigenvalue weighted by molar-refractivity contribution is -0.105. The number of hydrogen-bond acceptors (Lipinski definition) is 3. The van der Waals surface area contributed by atoms with Crippen LogP contribution in [0.5, 0.6) is 5.75 Å². The zero-order valence-corrected chi connectivity index (χ0v) is 6.70. The van der Waals surface area contributed by atoms with Gasteiger partial charge < -0.3 is 15.8 Å². The molecule has 0 bridgehead atoms. The molecule has 4 heteroatoms. The quantitative estimate of drug-likeness (QED) is 0.516. The number of ether oxygens (including phenoxy) is 1. The number of anilines is 2. The second-order valence-corrected chi connectivity index (χ2v) is 2.22. The lowest BCUT2D eigenvalue weighted by atomic mass is 10.2. The molecule has 0 aliphatic rings. The molecular formula is C8H10N2O2. The van der Waals surface area contributed by atoms with Crippen LogP contribution in [0.4, 0.5) is 11.4 Å². The van der Waals surface area contributed by atoms with Gasteiger partial charge in [-0.3, -0.25) is 4.79 Å². The summed E-state index contributed by atoms with van der Waals surface area (Å²) in [6.45, 7) is 0. The summed E-state index contributed by atoms with van der Waals surface area (Å²) in [5.74, 6) is 0.594. The lowest BCUT2D eigenvalue weighted by Crippen LogP contribution is -1.98. The zero-order valence-electron chi connectivity index (χ0n) is 6.70. The normalized spacial score (nSPS) is 9.08. The molecule has 64 valence electrons. The van der Waals surface area contributed by atoms with E-state index in [0.717, 1.165) is 0 Å². The molecule has 3 N–H and O–H groups in total. The molecule has 0 saturated carbocycles. The summed E-state index contributed by atoms with van der Waals surface area (Å²) in [5.41, 5.74) is 6.66. The number of nitrogens with one attached hydrogen (secondary N) is 1. The van der Waals surface area contributed by atoms with Gasteiger partial charge in [0.25, 0.3) is 0 Å². The molecular weight excluding hydrogens is 156 g/mol. The second kappa shape index (κ2) is 3.61. The highest BCUT2D eigenvalue weighted by Crippen LogP contribution is 2.25. The second-order valence-electron chi connectivity index (χ2n) is 2.22. The molecule has 0 aromatic heterocycles. The summed E-state index contributed by atoms with van der Waals surface area (Å²) < 4.78 is 4.98. The molecule has 0 spiro atoms. The Kier molecular flexibility index (Phi) is 2.53. The minimum atomic E-state index is 0.576. The average Bonchev–Trinajstić information content (AvgIpc) is 2.05. The Bertz CT molecular complexity index is 286. The highest BCUT2D eigenvalue weighted by molar-refractivity contribution is 5.77. The Morgan fingerprint density at radius 1 is 1.58 bits per heavy atom. The van der Waals surface area contributed by atoms with Gasteiger partial charge in [0.05, 0.1) is 12.8 Å². The lowest BCUT2D eigenvalue weighted by Gasteiger charge is -2.06. The Balaban J connectivity index is 3.03. The van der Waals surface area contributed by atoms with E-state index in [-0.39, 0.29) is 0 Å². The average molecular weight is 166 g/mol. The Morgan fingerprint density at radius 3 is 2.92 bits per heavy atom. The highest BCUT2D eigenvalue weighted by atomic mass is 16.5. The van der Waals surface area contributed by atoms with Crippen LogP contribution in [0.15, 0.2) is 18.2 Å². The molecule has 0 radical (unpaired) electrons. The van der Waals surface area contributed by atoms with Crippen molar-refractivity contribution in [2.24, 2.45) is 0 Å². The summed E-state index contributed by atoms with van der Waals surface area (Å²) in [4.78, 5) is 10.1. The fraction of sp³-hybridized carbons (Fsp3) is 0.125. The number of hydrogen-bond donors (Lipinski definition) is 2. The number of benzene rings is 1. The SMILES string of the molecule is COc1ccc(N)cc1NC=O. The maximum Gasteiger partial charge on any atom is 0.211 e. The van der Waals surface area contributed by atoms with Crippen molar-refractivity contribution in [2.75, 3.05) is 18.2 Å². The molecule has 0 aliphatic carbocycles. The number of nitrogens with two attached hydrogens (primary N) is 1. The van der Waals surface area contributed by atoms with E-state index in [1.54, 1.807) is 18.2 Å². The molecule has 0 aliphatic heterocycles. The minimum Gasteiger partial charge on any atom is -0.495 e. The zero-order chi connectivity index (χ0) is 8.97. The Labute approximate surface area is 70.3 Å². The van der Waals surface area contributed by atoms with E-state index in [9.17, 15) is 4.79 Å². The van der Waals surface area contributed by atoms with Gasteiger partial charge in [-0.05, 0) is 18.2 Å². The van der Waals surface area contributed by atoms with E-state index < -0.39 is 0 Å². The number of carbonyl (C=O) groups excluding carboxylic acids is 1. The van der Waals surface area contributed by atoms with Gasteiger partial charge in [-0.15, -0.1) is 0 Å². The standard InChI is InChI=1S/C8H10N2O2/c1-12-8-3-2-6(9)4-7(8)10-5-11/h2-5H,9H2,1H3,(H,10,11). The van der Waals surface area contributed by atoms with Gasteiger partial charge in [0, 0.05) is 5.69 Å². The molecule has 0 heterocycles. The van der Waals surface area contributed by atoms with Crippen molar-refractivity contribution in [2.45, 2.75) is 0 Å². The van der Waals surface area contributed by atoms with Crippen molar-refractivity contribution in [3.05, 3.63) is 18.2 Å². The third-order valence-electron chi connectivity index (χ3n) is 1.44. The van der Waals surface area contributed by atoms with Crippen LogP contribution in [0, 0.1) is 0 Å². The van der Waals surface area contributed by atoms with Crippen LogP contribution in [-0.2, 0) is 4.79 Å². The number of nitrogen functional groups attached to an aromatic ring is 1. The van der Waals surface area contributed by atoms with Crippen molar-refractivity contribution < 1.29 is 9.53 Å². The number of amides is 1. The molecule has 1 aromatic rings. The molecule has 0 saturated heterocycles. The number of rotatable bonds is 3. The monoisotopic (exact) mass is 166 g/mol. The van der Waals surface area contributed by atoms with E-state index in [2.05, 4.69) is 5.32 Å². The van der Waals surface area contributed by atoms with Crippen LogP contribution >= 0.6 is 0 Å². The summed E-state index contributed by atoms with van der Waals surface area (Å²) >= 11 is 0. The van der Waals surface area contributed by atoms with Crippen LogP contribution < -0.4 is 15.8 Å². The molecule has 1 aromatic carbocycles. The van der Waals surface area contributed by atoms with Crippen molar-refractivity contribution in [1.29, 1.82) is 0 Å². The summed E-state index contributed by atoms with van der Waals surface area (Å²) in [7, 11) is 1.53. The first kappa shape index (κ1) is 8.39. The summed E-state index contributed by atoms with van der Waals surface area (Å²) in [6.07, 6.45) is 0.581. The molecule has 0 unspecified atom stereocenters. The molecule has 12 heavy (non-hydrogen) atoms. The third kappa shape index (κ3) is 1.66. The topological polar surface area (TPSA) is 64.3 Å². The van der Waals surface area contributed by atoms with Gasteiger partial charge in [0.15, 0.2) is 0 Å². The van der Waals surface area contributed by atoms with Crippen LogP contribution in [0.25, 0.3) is 0 Å². The van der Waals surface area contributed by atoms with Crippen LogP contribution in [-0.4, -0.2) is 13.5 Å². The first-order valence-corrected chi connectivity index (χ1v) is 3.41. The van der Waals surface area contributed by atoms with Crippen molar-refractivity contribution in [1.82, 2.24) is 0 Å². The van der Waals surface area contributed by atoms with E-state index in [1.165, 1.54) is 7.11 Å². The Hall–Kier alpha value is -1.71. The maximum atomic E-state index is 10.1. The molecule has 0 atom stereocenters. The fourth-order valence-electron chi connectivity index (χ4n) is 0.902. The van der Waals surface area contributed by atoms with Crippen LogP contribution in [0.2, 0.25) is 0 Å². The number of carbonyl (C=O) groups is 1. The van der Waals surface area contributed by atoms with Gasteiger partial charge in [-0.2, -0.15) is 0 Å². The molecule has 1 amide bonds. The fourth-order valence-corrected chi connectivity index (χ4v) is 0.902. The van der Waals surface area contributed by atoms with E-state index in [4.69, 9.17) is 10.5 Å². The largest absolute Gasteiger partial charge is 0.495 e. The molecule has 4 nitrogen and oxygen atoms in total. The first-order chi connectivity index (χ1) is 5.77. The van der Waals surface area contributed by atoms with Crippen molar-refractivity contribution in [3.8, 4) is 5.75 Å². The summed E-state index contributed by atoms with van der Waals surface area (Å²) in [6, 6.07) is 5.03. The van der Waals surface area contributed by atoms with Gasteiger partial charge in [0.2, 0.25) is 6.41 Å². The van der Waals surface area contributed by atoms with E-state index >= 15 is 0 Å². The highest BCUT2D eigenvalue weighted by Gasteiger charge is 2.00. The van der Waals surface area contributed by atoms with Gasteiger partial charge in [0.1, 0.15) is 5.75 Å². The first-order valence-electron chi connectivity index (χ1n) is 3.41. The smallest absolute Gasteiger partial charge is 0.211 e. The molecule has 0 fully saturated rings. The van der Waals surface area contributed by atoms with E-state index in [0.29, 0.717) is 23.5 Å². The maximum absolute atomic E-state index is 10.1. The minimum absolute atomic E-state index is 0.576. The predicted octanol–water partition coefficient (Wildman–Crippen LogP) is 0.846. The van der Waals surface area contributed by atoms with Gasteiger partial charge >= 0.3 is 0 Å². The third-order valence-corrected chi connectivity index (χ3v) is 1.44. The summed E-state index contributed by atoms with van der Waals surface area (Å²) in [5, 5.41) is 2.48.